The predicted octanol–water partition coefficient (Wildman–Crippen LogP) is 3.10. The fourth-order valence-corrected chi connectivity index (χ4v) is 5.03. The number of ether oxygens (including phenoxy) is 3. The first-order valence-corrected chi connectivity index (χ1v) is 11.6. The maximum Gasteiger partial charge on any atom is 0.367 e. The van der Waals surface area contributed by atoms with Crippen molar-refractivity contribution < 1.29 is 32.2 Å². The van der Waals surface area contributed by atoms with Crippen molar-refractivity contribution in [3.8, 4) is 5.75 Å². The molecule has 10 nitrogen and oxygen atoms in total. The predicted molar refractivity (Wildman–Crippen MR) is 116 cm³/mol. The molecule has 2 N–H and O–H groups in total. The molecular weight excluding hydrogens is 454 g/mol. The van der Waals surface area contributed by atoms with E-state index >= 15 is 0 Å². The Morgan fingerprint density at radius 1 is 1.18 bits per heavy atom. The Bertz CT molecular complexity index is 1180. The number of hydrogen-bond donors (Lipinski definition) is 1. The standard InChI is InChI=1S/C21H24FN4O6P/c1-20(2)29-17-16(14-8-9-15-19(23)24-12-25-26(14)15)30-21(10-22,18(17)31-20)11-28-33(27)32-13-6-4-3-5-7-13/h3-9,12,16-18,33H,10-11H2,1-2H3,(H2,23,24,25)/t16-,17-,18-,21+/m0/s1. The SMILES string of the molecule is CC1(C)O[C@H]2[C@H](c3ccc4c(N)ncnn34)O[C@](CF)(CO[PH](=O)Oc3ccccc3)[C@H]2O1. The Labute approximate surface area is 189 Å². The summed E-state index contributed by atoms with van der Waals surface area (Å²) in [7, 11) is -2.98. The molecule has 2 aliphatic heterocycles. The summed E-state index contributed by atoms with van der Waals surface area (Å²) in [5.41, 5.74) is 5.57. The molecule has 2 aromatic heterocycles. The maximum atomic E-state index is 14.6. The molecular formula is C21H24FN4O6P. The van der Waals surface area contributed by atoms with Crippen LogP contribution in [0.1, 0.15) is 25.6 Å². The fourth-order valence-electron chi connectivity index (χ4n) is 4.28. The van der Waals surface area contributed by atoms with Gasteiger partial charge in [-0.2, -0.15) is 5.10 Å². The zero-order chi connectivity index (χ0) is 23.2. The van der Waals surface area contributed by atoms with E-state index in [-0.39, 0.29) is 6.61 Å². The lowest BCUT2D eigenvalue weighted by Gasteiger charge is -2.32. The summed E-state index contributed by atoms with van der Waals surface area (Å²) in [4.78, 5) is 3.99. The van der Waals surface area contributed by atoms with E-state index in [2.05, 4.69) is 10.1 Å². The van der Waals surface area contributed by atoms with Gasteiger partial charge in [0.2, 0.25) is 0 Å². The van der Waals surface area contributed by atoms with E-state index in [9.17, 15) is 8.96 Å². The lowest BCUT2D eigenvalue weighted by molar-refractivity contribution is -0.218. The molecule has 0 radical (unpaired) electrons. The van der Waals surface area contributed by atoms with Crippen molar-refractivity contribution in [2.24, 2.45) is 0 Å². The Balaban J connectivity index is 1.42. The van der Waals surface area contributed by atoms with Gasteiger partial charge in [-0.05, 0) is 38.1 Å². The molecule has 0 amide bonds. The van der Waals surface area contributed by atoms with Crippen molar-refractivity contribution in [3.63, 3.8) is 0 Å². The Morgan fingerprint density at radius 3 is 2.73 bits per heavy atom. The normalized spacial score (nSPS) is 29.2. The molecule has 2 saturated heterocycles. The number of para-hydroxylation sites is 1. The van der Waals surface area contributed by atoms with Crippen molar-refractivity contribution in [3.05, 3.63) is 54.5 Å². The quantitative estimate of drug-likeness (QED) is 0.511. The van der Waals surface area contributed by atoms with Crippen molar-refractivity contribution in [1.29, 1.82) is 0 Å². The summed E-state index contributed by atoms with van der Waals surface area (Å²) >= 11 is 0. The van der Waals surface area contributed by atoms with Crippen molar-refractivity contribution in [2.75, 3.05) is 19.0 Å². The number of alkyl halides is 1. The van der Waals surface area contributed by atoms with Crippen LogP contribution in [0, 0.1) is 0 Å². The molecule has 5 atom stereocenters. The van der Waals surface area contributed by atoms with Crippen LogP contribution in [-0.4, -0.2) is 51.5 Å². The number of anilines is 1. The lowest BCUT2D eigenvalue weighted by atomic mass is 9.96. The molecule has 0 saturated carbocycles. The highest BCUT2D eigenvalue weighted by atomic mass is 31.1. The van der Waals surface area contributed by atoms with Crippen molar-refractivity contribution in [1.82, 2.24) is 14.6 Å². The van der Waals surface area contributed by atoms with E-state index < -0.39 is 44.6 Å². The number of aromatic nitrogens is 3. The van der Waals surface area contributed by atoms with Gasteiger partial charge in [-0.15, -0.1) is 0 Å². The number of benzene rings is 1. The minimum atomic E-state index is -2.98. The molecule has 12 heteroatoms. The van der Waals surface area contributed by atoms with Crippen LogP contribution in [0.2, 0.25) is 0 Å². The number of nitrogen functional groups attached to an aromatic ring is 1. The molecule has 1 aromatic carbocycles. The number of fused-ring (bicyclic) bond motifs is 2. The minimum absolute atomic E-state index is 0.298. The van der Waals surface area contributed by atoms with Crippen LogP contribution >= 0.6 is 8.25 Å². The van der Waals surface area contributed by atoms with Gasteiger partial charge in [0.15, 0.2) is 11.6 Å². The topological polar surface area (TPSA) is 119 Å². The van der Waals surface area contributed by atoms with Gasteiger partial charge >= 0.3 is 8.25 Å². The Kier molecular flexibility index (Phi) is 5.62. The average Bonchev–Trinajstić information content (AvgIpc) is 3.44. The van der Waals surface area contributed by atoms with Crippen LogP contribution in [0.5, 0.6) is 5.75 Å². The molecule has 2 aliphatic rings. The smallest absolute Gasteiger partial charge is 0.367 e. The van der Waals surface area contributed by atoms with E-state index in [0.29, 0.717) is 22.8 Å². The zero-order valence-corrected chi connectivity index (χ0v) is 19.0. The fraction of sp³-hybridized carbons (Fsp3) is 0.429. The minimum Gasteiger partial charge on any atom is -0.426 e. The third-order valence-electron chi connectivity index (χ3n) is 5.72. The van der Waals surface area contributed by atoms with Gasteiger partial charge in [-0.1, -0.05) is 18.2 Å². The zero-order valence-electron chi connectivity index (χ0n) is 18.0. The number of hydrogen-bond acceptors (Lipinski definition) is 9. The first kappa shape index (κ1) is 22.2. The van der Waals surface area contributed by atoms with Gasteiger partial charge in [-0.3, -0.25) is 4.52 Å². The van der Waals surface area contributed by atoms with Crippen LogP contribution in [-0.2, 0) is 23.3 Å². The van der Waals surface area contributed by atoms with Gasteiger partial charge in [0.1, 0.15) is 48.2 Å². The van der Waals surface area contributed by atoms with Crippen LogP contribution in [0.3, 0.4) is 0 Å². The molecule has 5 rings (SSSR count). The first-order chi connectivity index (χ1) is 15.8. The highest BCUT2D eigenvalue weighted by molar-refractivity contribution is 7.33. The number of nitrogens with zero attached hydrogens (tertiary/aromatic N) is 3. The van der Waals surface area contributed by atoms with Crippen molar-refractivity contribution in [2.45, 2.75) is 43.5 Å². The Hall–Kier alpha value is -2.56. The molecule has 0 bridgehead atoms. The average molecular weight is 478 g/mol. The third kappa shape index (κ3) is 4.00. The van der Waals surface area contributed by atoms with Crippen molar-refractivity contribution >= 4 is 19.6 Å². The lowest BCUT2D eigenvalue weighted by Crippen LogP contribution is -2.48. The van der Waals surface area contributed by atoms with Crippen LogP contribution in [0.25, 0.3) is 5.52 Å². The Morgan fingerprint density at radius 2 is 1.97 bits per heavy atom. The largest absolute Gasteiger partial charge is 0.426 e. The maximum absolute atomic E-state index is 14.6. The summed E-state index contributed by atoms with van der Waals surface area (Å²) < 4.78 is 57.7. The summed E-state index contributed by atoms with van der Waals surface area (Å²) in [5, 5.41) is 4.25. The van der Waals surface area contributed by atoms with Gasteiger partial charge in [-0.25, -0.2) is 18.5 Å². The molecule has 0 aliphatic carbocycles. The molecule has 0 spiro atoms. The molecule has 4 heterocycles. The molecule has 1 unspecified atom stereocenters. The van der Waals surface area contributed by atoms with Gasteiger partial charge in [0.25, 0.3) is 0 Å². The van der Waals surface area contributed by atoms with E-state index in [1.165, 1.54) is 6.33 Å². The second-order valence-corrected chi connectivity index (χ2v) is 9.40. The first-order valence-electron chi connectivity index (χ1n) is 10.4. The van der Waals surface area contributed by atoms with Gasteiger partial charge < -0.3 is 24.5 Å². The monoisotopic (exact) mass is 478 g/mol. The molecule has 33 heavy (non-hydrogen) atoms. The second-order valence-electron chi connectivity index (χ2n) is 8.41. The molecule has 3 aromatic rings. The second kappa shape index (κ2) is 8.34. The van der Waals surface area contributed by atoms with E-state index in [4.69, 9.17) is 29.0 Å². The highest BCUT2D eigenvalue weighted by Gasteiger charge is 2.64. The molecule has 176 valence electrons. The number of nitrogens with two attached hydrogens (primary N) is 1. The summed E-state index contributed by atoms with van der Waals surface area (Å²) in [5.74, 6) is -0.297. The van der Waals surface area contributed by atoms with Crippen LogP contribution < -0.4 is 10.3 Å². The summed E-state index contributed by atoms with van der Waals surface area (Å²) in [6.45, 7) is 2.17. The van der Waals surface area contributed by atoms with Crippen LogP contribution in [0.15, 0.2) is 48.8 Å². The highest BCUT2D eigenvalue weighted by Crippen LogP contribution is 2.51. The van der Waals surface area contributed by atoms with E-state index in [1.54, 1.807) is 60.8 Å². The summed E-state index contributed by atoms with van der Waals surface area (Å²) in [6.07, 6.45) is -0.901. The number of rotatable bonds is 7. The third-order valence-corrected chi connectivity index (χ3v) is 6.50. The van der Waals surface area contributed by atoms with Crippen LogP contribution in [0.4, 0.5) is 10.2 Å². The van der Waals surface area contributed by atoms with Gasteiger partial charge in [0, 0.05) is 0 Å². The van der Waals surface area contributed by atoms with E-state index in [1.807, 2.05) is 0 Å². The molecule has 2 fully saturated rings. The van der Waals surface area contributed by atoms with Gasteiger partial charge in [0.05, 0.1) is 12.3 Å². The number of halogens is 1. The van der Waals surface area contributed by atoms with E-state index in [0.717, 1.165) is 0 Å². The summed E-state index contributed by atoms with van der Waals surface area (Å²) in [6, 6.07) is 12.1.